The summed E-state index contributed by atoms with van der Waals surface area (Å²) in [6.45, 7) is 5.25. The zero-order chi connectivity index (χ0) is 18.5. The standard InChI is InChI=1S/C24H34N2/c1-3-5-7-8-10-22-13-17-24(18-14-22)20-26-25-19-23-15-11-21(12-16-23)9-6-4-2/h11-19,26H,3-10,20H2,1-2H3/b25-19-. The van der Waals surface area contributed by atoms with Crippen LogP contribution in [0.3, 0.4) is 0 Å². The Morgan fingerprint density at radius 1 is 0.692 bits per heavy atom. The summed E-state index contributed by atoms with van der Waals surface area (Å²) in [4.78, 5) is 0. The van der Waals surface area contributed by atoms with Gasteiger partial charge in [0.05, 0.1) is 12.8 Å². The highest BCUT2D eigenvalue weighted by Crippen LogP contribution is 2.10. The van der Waals surface area contributed by atoms with Crippen molar-refractivity contribution in [2.45, 2.75) is 71.8 Å². The van der Waals surface area contributed by atoms with Crippen LogP contribution in [0.1, 0.15) is 74.6 Å². The van der Waals surface area contributed by atoms with E-state index in [1.165, 1.54) is 68.1 Å². The van der Waals surface area contributed by atoms with Gasteiger partial charge < -0.3 is 5.43 Å². The van der Waals surface area contributed by atoms with Crippen molar-refractivity contribution >= 4 is 6.21 Å². The highest BCUT2D eigenvalue weighted by Gasteiger charge is 1.96. The van der Waals surface area contributed by atoms with Crippen molar-refractivity contribution in [3.05, 3.63) is 70.8 Å². The van der Waals surface area contributed by atoms with Crippen molar-refractivity contribution in [1.82, 2.24) is 5.43 Å². The van der Waals surface area contributed by atoms with Gasteiger partial charge in [-0.05, 0) is 47.9 Å². The Balaban J connectivity index is 1.70. The van der Waals surface area contributed by atoms with Crippen LogP contribution in [0.25, 0.3) is 0 Å². The smallest absolute Gasteiger partial charge is 0.0580 e. The van der Waals surface area contributed by atoms with Gasteiger partial charge in [0.15, 0.2) is 0 Å². The maximum absolute atomic E-state index is 4.35. The summed E-state index contributed by atoms with van der Waals surface area (Å²) < 4.78 is 0. The Labute approximate surface area is 159 Å². The molecular formula is C24H34N2. The number of hydrazone groups is 1. The third-order valence-electron chi connectivity index (χ3n) is 4.73. The van der Waals surface area contributed by atoms with Crippen LogP contribution in [-0.4, -0.2) is 6.21 Å². The molecule has 0 radical (unpaired) electrons. The van der Waals surface area contributed by atoms with E-state index in [1.807, 2.05) is 6.21 Å². The lowest BCUT2D eigenvalue weighted by atomic mass is 10.0. The molecule has 0 aliphatic rings. The topological polar surface area (TPSA) is 24.4 Å². The number of nitrogens with one attached hydrogen (secondary N) is 1. The summed E-state index contributed by atoms with van der Waals surface area (Å²) in [7, 11) is 0. The summed E-state index contributed by atoms with van der Waals surface area (Å²) in [5, 5.41) is 4.35. The molecule has 2 aromatic carbocycles. The van der Waals surface area contributed by atoms with E-state index in [0.29, 0.717) is 0 Å². The number of unbranched alkanes of at least 4 members (excludes halogenated alkanes) is 4. The molecule has 0 bridgehead atoms. The molecule has 0 fully saturated rings. The van der Waals surface area contributed by atoms with Crippen LogP contribution in [-0.2, 0) is 19.4 Å². The summed E-state index contributed by atoms with van der Waals surface area (Å²) in [5.74, 6) is 0. The molecule has 2 nitrogen and oxygen atoms in total. The highest BCUT2D eigenvalue weighted by atomic mass is 15.3. The first-order valence-corrected chi connectivity index (χ1v) is 10.2. The van der Waals surface area contributed by atoms with Crippen molar-refractivity contribution in [3.63, 3.8) is 0 Å². The minimum absolute atomic E-state index is 0.765. The molecule has 0 aliphatic heterocycles. The monoisotopic (exact) mass is 350 g/mol. The fraction of sp³-hybridized carbons (Fsp3) is 0.458. The Hall–Kier alpha value is -2.09. The molecule has 0 saturated carbocycles. The third kappa shape index (κ3) is 7.86. The van der Waals surface area contributed by atoms with Crippen LogP contribution >= 0.6 is 0 Å². The number of hydrogen-bond donors (Lipinski definition) is 1. The van der Waals surface area contributed by atoms with Gasteiger partial charge in [-0.25, -0.2) is 0 Å². The zero-order valence-corrected chi connectivity index (χ0v) is 16.5. The average molecular weight is 351 g/mol. The fourth-order valence-electron chi connectivity index (χ4n) is 2.99. The normalized spacial score (nSPS) is 11.2. The first-order valence-electron chi connectivity index (χ1n) is 10.2. The molecule has 0 unspecified atom stereocenters. The van der Waals surface area contributed by atoms with E-state index in [2.05, 4.69) is 72.9 Å². The van der Waals surface area contributed by atoms with Gasteiger partial charge in [-0.1, -0.05) is 88.1 Å². The lowest BCUT2D eigenvalue weighted by Crippen LogP contribution is -2.05. The third-order valence-corrected chi connectivity index (χ3v) is 4.73. The van der Waals surface area contributed by atoms with Crippen molar-refractivity contribution in [2.75, 3.05) is 0 Å². The molecule has 0 spiro atoms. The van der Waals surface area contributed by atoms with Gasteiger partial charge in [-0.2, -0.15) is 5.10 Å². The first-order chi connectivity index (χ1) is 12.8. The Kier molecular flexibility index (Phi) is 9.56. The van der Waals surface area contributed by atoms with Crippen molar-refractivity contribution < 1.29 is 0 Å². The van der Waals surface area contributed by atoms with Gasteiger partial charge in [0.25, 0.3) is 0 Å². The molecule has 0 saturated heterocycles. The Morgan fingerprint density at radius 3 is 1.92 bits per heavy atom. The molecule has 2 aromatic rings. The SMILES string of the molecule is CCCCCCc1ccc(CN/N=C\c2ccc(CCCC)cc2)cc1. The van der Waals surface area contributed by atoms with Crippen LogP contribution < -0.4 is 5.43 Å². The fourth-order valence-corrected chi connectivity index (χ4v) is 2.99. The van der Waals surface area contributed by atoms with Crippen LogP contribution in [0.2, 0.25) is 0 Å². The number of nitrogens with zero attached hydrogens (tertiary/aromatic N) is 1. The van der Waals surface area contributed by atoms with Crippen LogP contribution in [0.5, 0.6) is 0 Å². The zero-order valence-electron chi connectivity index (χ0n) is 16.5. The van der Waals surface area contributed by atoms with Gasteiger partial charge in [0.2, 0.25) is 0 Å². The number of aryl methyl sites for hydroxylation is 2. The predicted octanol–water partition coefficient (Wildman–Crippen LogP) is 6.28. The van der Waals surface area contributed by atoms with E-state index >= 15 is 0 Å². The van der Waals surface area contributed by atoms with E-state index in [0.717, 1.165) is 12.1 Å². The molecule has 0 heterocycles. The van der Waals surface area contributed by atoms with Gasteiger partial charge in [-0.3, -0.25) is 0 Å². The number of hydrogen-bond acceptors (Lipinski definition) is 2. The number of rotatable bonds is 12. The molecule has 0 amide bonds. The molecule has 2 heteroatoms. The second-order valence-corrected chi connectivity index (χ2v) is 7.07. The van der Waals surface area contributed by atoms with Gasteiger partial charge in [-0.15, -0.1) is 0 Å². The maximum atomic E-state index is 4.35. The lowest BCUT2D eigenvalue weighted by Gasteiger charge is -2.04. The lowest BCUT2D eigenvalue weighted by molar-refractivity contribution is 0.666. The van der Waals surface area contributed by atoms with E-state index in [9.17, 15) is 0 Å². The molecule has 26 heavy (non-hydrogen) atoms. The highest BCUT2D eigenvalue weighted by molar-refractivity contribution is 5.79. The second-order valence-electron chi connectivity index (χ2n) is 7.07. The van der Waals surface area contributed by atoms with Crippen LogP contribution in [0.4, 0.5) is 0 Å². The minimum Gasteiger partial charge on any atom is -0.306 e. The molecule has 0 aliphatic carbocycles. The average Bonchev–Trinajstić information content (AvgIpc) is 2.69. The van der Waals surface area contributed by atoms with E-state index in [4.69, 9.17) is 0 Å². The predicted molar refractivity (Wildman–Crippen MR) is 114 cm³/mol. The van der Waals surface area contributed by atoms with Gasteiger partial charge >= 0.3 is 0 Å². The van der Waals surface area contributed by atoms with Crippen LogP contribution in [0, 0.1) is 0 Å². The van der Waals surface area contributed by atoms with Crippen LogP contribution in [0.15, 0.2) is 53.6 Å². The minimum atomic E-state index is 0.765. The quantitative estimate of drug-likeness (QED) is 0.272. The maximum Gasteiger partial charge on any atom is 0.0580 e. The van der Waals surface area contributed by atoms with Gasteiger partial charge in [0, 0.05) is 0 Å². The second kappa shape index (κ2) is 12.3. The molecule has 0 atom stereocenters. The van der Waals surface area contributed by atoms with E-state index in [-0.39, 0.29) is 0 Å². The van der Waals surface area contributed by atoms with Crippen molar-refractivity contribution in [3.8, 4) is 0 Å². The Bertz CT molecular complexity index is 626. The summed E-state index contributed by atoms with van der Waals surface area (Å²) in [5.41, 5.74) is 8.41. The van der Waals surface area contributed by atoms with E-state index in [1.54, 1.807) is 0 Å². The molecule has 2 rings (SSSR count). The molecular weight excluding hydrogens is 316 g/mol. The number of benzene rings is 2. The van der Waals surface area contributed by atoms with Crippen molar-refractivity contribution in [2.24, 2.45) is 5.10 Å². The molecule has 0 aromatic heterocycles. The molecule has 1 N–H and O–H groups in total. The molecule has 140 valence electrons. The first kappa shape index (κ1) is 20.2. The largest absolute Gasteiger partial charge is 0.306 e. The summed E-state index contributed by atoms with van der Waals surface area (Å²) in [6, 6.07) is 17.6. The van der Waals surface area contributed by atoms with Crippen molar-refractivity contribution in [1.29, 1.82) is 0 Å². The summed E-state index contributed by atoms with van der Waals surface area (Å²) >= 11 is 0. The summed E-state index contributed by atoms with van der Waals surface area (Å²) in [6.07, 6.45) is 12.0. The Morgan fingerprint density at radius 2 is 1.27 bits per heavy atom. The van der Waals surface area contributed by atoms with Gasteiger partial charge in [0.1, 0.15) is 0 Å². The van der Waals surface area contributed by atoms with E-state index < -0.39 is 0 Å².